The zero-order valence-corrected chi connectivity index (χ0v) is 18.1. The van der Waals surface area contributed by atoms with Gasteiger partial charge in [0.25, 0.3) is 5.91 Å². The van der Waals surface area contributed by atoms with E-state index in [0.29, 0.717) is 23.9 Å². The van der Waals surface area contributed by atoms with Gasteiger partial charge in [-0.3, -0.25) is 9.89 Å². The first kappa shape index (κ1) is 21.1. The van der Waals surface area contributed by atoms with E-state index in [4.69, 9.17) is 21.1 Å². The maximum Gasteiger partial charge on any atom is 0.260 e. The minimum atomic E-state index is -0.0125. The van der Waals surface area contributed by atoms with Gasteiger partial charge in [-0.2, -0.15) is 5.10 Å². The van der Waals surface area contributed by atoms with Gasteiger partial charge in [-0.1, -0.05) is 23.7 Å². The number of aromatic amines is 1. The van der Waals surface area contributed by atoms with Crippen molar-refractivity contribution in [3.63, 3.8) is 0 Å². The van der Waals surface area contributed by atoms with Crippen LogP contribution in [0.25, 0.3) is 11.3 Å². The number of rotatable bonds is 6. The predicted molar refractivity (Wildman–Crippen MR) is 121 cm³/mol. The van der Waals surface area contributed by atoms with Gasteiger partial charge in [-0.25, -0.2) is 0 Å². The number of hydrogen-bond acceptors (Lipinski definition) is 5. The van der Waals surface area contributed by atoms with Crippen molar-refractivity contribution < 1.29 is 14.3 Å². The lowest BCUT2D eigenvalue weighted by Gasteiger charge is -2.22. The second-order valence-electron chi connectivity index (χ2n) is 7.33. The van der Waals surface area contributed by atoms with Gasteiger partial charge < -0.3 is 19.3 Å². The van der Waals surface area contributed by atoms with E-state index in [1.807, 2.05) is 47.4 Å². The summed E-state index contributed by atoms with van der Waals surface area (Å²) in [5, 5.41) is 8.27. The van der Waals surface area contributed by atoms with E-state index in [1.165, 1.54) is 0 Å². The zero-order chi connectivity index (χ0) is 21.6. The highest BCUT2D eigenvalue weighted by atomic mass is 35.5. The van der Waals surface area contributed by atoms with Crippen LogP contribution in [0.1, 0.15) is 6.42 Å². The Bertz CT molecular complexity index is 1000. The van der Waals surface area contributed by atoms with Crippen LogP contribution in [0.3, 0.4) is 0 Å². The fraction of sp³-hybridized carbons (Fsp3) is 0.304. The minimum absolute atomic E-state index is 0.0125. The average molecular weight is 441 g/mol. The molecule has 1 aliphatic rings. The maximum absolute atomic E-state index is 12.6. The number of hydrogen-bond donors (Lipinski definition) is 1. The summed E-state index contributed by atoms with van der Waals surface area (Å²) in [5.41, 5.74) is 1.97. The smallest absolute Gasteiger partial charge is 0.260 e. The number of nitrogens with zero attached hydrogens (tertiary/aromatic N) is 3. The molecule has 0 unspecified atom stereocenters. The van der Waals surface area contributed by atoms with E-state index in [-0.39, 0.29) is 12.5 Å². The van der Waals surface area contributed by atoms with Gasteiger partial charge in [0, 0.05) is 37.3 Å². The van der Waals surface area contributed by atoms with Crippen LogP contribution >= 0.6 is 11.6 Å². The topological polar surface area (TPSA) is 70.7 Å². The van der Waals surface area contributed by atoms with Crippen molar-refractivity contribution in [3.8, 4) is 22.8 Å². The molecule has 1 aliphatic heterocycles. The Balaban J connectivity index is 1.31. The highest BCUT2D eigenvalue weighted by molar-refractivity contribution is 6.30. The van der Waals surface area contributed by atoms with Crippen LogP contribution in [0.2, 0.25) is 5.02 Å². The van der Waals surface area contributed by atoms with E-state index in [9.17, 15) is 4.79 Å². The Labute approximate surface area is 186 Å². The van der Waals surface area contributed by atoms with Crippen molar-refractivity contribution in [2.45, 2.75) is 6.42 Å². The van der Waals surface area contributed by atoms with Crippen molar-refractivity contribution in [3.05, 3.63) is 59.6 Å². The van der Waals surface area contributed by atoms with Crippen LogP contribution in [0, 0.1) is 0 Å². The van der Waals surface area contributed by atoms with Gasteiger partial charge in [-0.05, 0) is 48.4 Å². The Morgan fingerprint density at radius 3 is 2.52 bits per heavy atom. The third kappa shape index (κ3) is 5.30. The first-order valence-electron chi connectivity index (χ1n) is 10.2. The Morgan fingerprint density at radius 1 is 1.03 bits per heavy atom. The highest BCUT2D eigenvalue weighted by Gasteiger charge is 2.21. The summed E-state index contributed by atoms with van der Waals surface area (Å²) in [6.45, 7) is 2.92. The molecule has 2 aromatic carbocycles. The van der Waals surface area contributed by atoms with Crippen LogP contribution in [0.15, 0.2) is 54.6 Å². The number of ether oxygens (including phenoxy) is 2. The molecule has 0 saturated carbocycles. The van der Waals surface area contributed by atoms with Crippen LogP contribution in [0.5, 0.6) is 11.5 Å². The number of carbonyl (C=O) groups excluding carboxylic acids is 1. The Morgan fingerprint density at radius 2 is 1.77 bits per heavy atom. The summed E-state index contributed by atoms with van der Waals surface area (Å²) in [6, 6.07) is 16.9. The molecule has 3 aromatic rings. The van der Waals surface area contributed by atoms with Crippen molar-refractivity contribution in [1.29, 1.82) is 0 Å². The van der Waals surface area contributed by atoms with E-state index in [2.05, 4.69) is 15.1 Å². The molecule has 1 saturated heterocycles. The lowest BCUT2D eigenvalue weighted by atomic mass is 10.1. The number of methoxy groups -OCH3 is 1. The highest BCUT2D eigenvalue weighted by Crippen LogP contribution is 2.24. The monoisotopic (exact) mass is 440 g/mol. The van der Waals surface area contributed by atoms with E-state index in [1.54, 1.807) is 19.2 Å². The molecule has 1 amide bonds. The van der Waals surface area contributed by atoms with Gasteiger partial charge in [0.1, 0.15) is 11.5 Å². The molecule has 0 aliphatic carbocycles. The molecule has 1 N–H and O–H groups in total. The first-order chi connectivity index (χ1) is 15.1. The fourth-order valence-electron chi connectivity index (χ4n) is 3.55. The molecule has 0 radical (unpaired) electrons. The normalized spacial score (nSPS) is 14.3. The molecule has 0 bridgehead atoms. The van der Waals surface area contributed by atoms with Gasteiger partial charge in [0.05, 0.1) is 12.8 Å². The number of nitrogens with one attached hydrogen (secondary N) is 1. The average Bonchev–Trinajstić information content (AvgIpc) is 3.16. The van der Waals surface area contributed by atoms with Crippen molar-refractivity contribution in [1.82, 2.24) is 15.1 Å². The molecule has 0 atom stereocenters. The SMILES string of the molecule is COc1ccc(OCC(=O)N2CCCN(c3cc(-c4ccc(Cl)cc4)[nH]n3)CC2)cc1. The summed E-state index contributed by atoms with van der Waals surface area (Å²) >= 11 is 5.97. The minimum Gasteiger partial charge on any atom is -0.497 e. The van der Waals surface area contributed by atoms with Crippen LogP contribution < -0.4 is 14.4 Å². The maximum atomic E-state index is 12.6. The molecule has 1 aromatic heterocycles. The molecular weight excluding hydrogens is 416 g/mol. The number of benzene rings is 2. The number of halogens is 1. The van der Waals surface area contributed by atoms with Crippen LogP contribution in [0.4, 0.5) is 5.82 Å². The second-order valence-corrected chi connectivity index (χ2v) is 7.77. The molecular formula is C23H25ClN4O3. The zero-order valence-electron chi connectivity index (χ0n) is 17.4. The second kappa shape index (κ2) is 9.75. The van der Waals surface area contributed by atoms with Gasteiger partial charge in [-0.15, -0.1) is 0 Å². The summed E-state index contributed by atoms with van der Waals surface area (Å²) in [7, 11) is 1.61. The quantitative estimate of drug-likeness (QED) is 0.630. The number of anilines is 1. The summed E-state index contributed by atoms with van der Waals surface area (Å²) in [6.07, 6.45) is 0.872. The largest absolute Gasteiger partial charge is 0.497 e. The third-order valence-electron chi connectivity index (χ3n) is 5.31. The molecule has 8 heteroatoms. The number of H-pyrrole nitrogens is 1. The van der Waals surface area contributed by atoms with Crippen molar-refractivity contribution >= 4 is 23.3 Å². The Kier molecular flexibility index (Phi) is 6.62. The summed E-state index contributed by atoms with van der Waals surface area (Å²) in [5.74, 6) is 2.27. The first-order valence-corrected chi connectivity index (χ1v) is 10.6. The summed E-state index contributed by atoms with van der Waals surface area (Å²) in [4.78, 5) is 16.7. The van der Waals surface area contributed by atoms with Gasteiger partial charge in [0.15, 0.2) is 12.4 Å². The van der Waals surface area contributed by atoms with E-state index >= 15 is 0 Å². The number of carbonyl (C=O) groups is 1. The molecule has 162 valence electrons. The summed E-state index contributed by atoms with van der Waals surface area (Å²) < 4.78 is 10.8. The Hall–Kier alpha value is -3.19. The van der Waals surface area contributed by atoms with E-state index in [0.717, 1.165) is 42.3 Å². The van der Waals surface area contributed by atoms with Crippen molar-refractivity contribution in [2.75, 3.05) is 44.8 Å². The molecule has 0 spiro atoms. The van der Waals surface area contributed by atoms with Crippen molar-refractivity contribution in [2.24, 2.45) is 0 Å². The van der Waals surface area contributed by atoms with Gasteiger partial charge >= 0.3 is 0 Å². The third-order valence-corrected chi connectivity index (χ3v) is 5.57. The predicted octanol–water partition coefficient (Wildman–Crippen LogP) is 3.86. The van der Waals surface area contributed by atoms with Gasteiger partial charge in [0.2, 0.25) is 0 Å². The standard InChI is InChI=1S/C23H25ClN4O3/c1-30-19-7-9-20(10-8-19)31-16-23(29)28-12-2-11-27(13-14-28)22-15-21(25-26-22)17-3-5-18(24)6-4-17/h3-10,15H,2,11-14,16H2,1H3,(H,25,26). The molecule has 7 nitrogen and oxygen atoms in total. The molecule has 1 fully saturated rings. The lowest BCUT2D eigenvalue weighted by Crippen LogP contribution is -2.38. The lowest BCUT2D eigenvalue weighted by molar-refractivity contribution is -0.133. The number of amides is 1. The fourth-order valence-corrected chi connectivity index (χ4v) is 3.68. The van der Waals surface area contributed by atoms with Crippen LogP contribution in [-0.2, 0) is 4.79 Å². The molecule has 31 heavy (non-hydrogen) atoms. The van der Waals surface area contributed by atoms with Crippen LogP contribution in [-0.4, -0.2) is 60.9 Å². The number of aromatic nitrogens is 2. The molecule has 2 heterocycles. The van der Waals surface area contributed by atoms with E-state index < -0.39 is 0 Å². The molecule has 4 rings (SSSR count).